The van der Waals surface area contributed by atoms with E-state index in [4.69, 9.17) is 5.73 Å². The fourth-order valence-electron chi connectivity index (χ4n) is 1.42. The minimum atomic E-state index is -0.222. The maximum atomic E-state index is 11.0. The van der Waals surface area contributed by atoms with Gasteiger partial charge in [-0.25, -0.2) is 0 Å². The van der Waals surface area contributed by atoms with Gasteiger partial charge in [0.15, 0.2) is 0 Å². The smallest absolute Gasteiger partial charge is 0.234 e. The first-order chi connectivity index (χ1) is 6.45. The van der Waals surface area contributed by atoms with Crippen LogP contribution in [0, 0.1) is 0 Å². The average Bonchev–Trinajstić information content (AvgIpc) is 2.01. The van der Waals surface area contributed by atoms with Crippen LogP contribution >= 0.6 is 0 Å². The van der Waals surface area contributed by atoms with Crippen molar-refractivity contribution < 1.29 is 4.79 Å². The van der Waals surface area contributed by atoms with E-state index in [9.17, 15) is 4.79 Å². The van der Waals surface area contributed by atoms with Crippen LogP contribution in [0.15, 0.2) is 0 Å². The molecule has 0 spiro atoms. The van der Waals surface area contributed by atoms with E-state index in [0.717, 1.165) is 25.8 Å². The van der Waals surface area contributed by atoms with Crippen LogP contribution < -0.4 is 5.73 Å². The molecule has 0 rings (SSSR count). The van der Waals surface area contributed by atoms with Gasteiger partial charge in [0.2, 0.25) is 5.91 Å². The van der Waals surface area contributed by atoms with Crippen molar-refractivity contribution in [2.24, 2.45) is 5.73 Å². The minimum absolute atomic E-state index is 0.114. The second-order valence-electron chi connectivity index (χ2n) is 4.18. The maximum Gasteiger partial charge on any atom is 0.234 e. The number of hydrogen-bond acceptors (Lipinski definition) is 3. The number of nitrogens with zero attached hydrogens (tertiary/aromatic N) is 2. The topological polar surface area (TPSA) is 49.6 Å². The summed E-state index contributed by atoms with van der Waals surface area (Å²) in [6, 6.07) is -0.114. The molecule has 0 heterocycles. The summed E-state index contributed by atoms with van der Waals surface area (Å²) in [4.78, 5) is 15.1. The highest BCUT2D eigenvalue weighted by Gasteiger charge is 2.16. The number of nitrogens with two attached hydrogens (primary N) is 1. The predicted octanol–water partition coefficient (Wildman–Crippen LogP) is 0.134. The highest BCUT2D eigenvalue weighted by Crippen LogP contribution is 2.05. The Morgan fingerprint density at radius 1 is 1.21 bits per heavy atom. The number of unbranched alkanes of at least 4 members (excludes halogenated alkanes) is 1. The summed E-state index contributed by atoms with van der Waals surface area (Å²) in [5, 5.41) is 0. The molecule has 1 atom stereocenters. The summed E-state index contributed by atoms with van der Waals surface area (Å²) in [7, 11) is 7.89. The molecule has 0 unspecified atom stereocenters. The van der Waals surface area contributed by atoms with Gasteiger partial charge in [0.25, 0.3) is 0 Å². The van der Waals surface area contributed by atoms with E-state index < -0.39 is 0 Å². The Morgan fingerprint density at radius 2 is 1.79 bits per heavy atom. The molecule has 0 radical (unpaired) electrons. The van der Waals surface area contributed by atoms with E-state index in [2.05, 4.69) is 19.0 Å². The Balaban J connectivity index is 3.67. The first kappa shape index (κ1) is 13.4. The third kappa shape index (κ3) is 5.94. The van der Waals surface area contributed by atoms with Gasteiger partial charge >= 0.3 is 0 Å². The van der Waals surface area contributed by atoms with Gasteiger partial charge in [0.05, 0.1) is 6.04 Å². The highest BCUT2D eigenvalue weighted by molar-refractivity contribution is 5.79. The molecule has 0 aliphatic heterocycles. The van der Waals surface area contributed by atoms with Crippen molar-refractivity contribution in [3.05, 3.63) is 0 Å². The fourth-order valence-corrected chi connectivity index (χ4v) is 1.42. The number of amides is 1. The van der Waals surface area contributed by atoms with Crippen LogP contribution in [0.1, 0.15) is 19.3 Å². The Labute approximate surface area is 87.0 Å². The number of carbonyl (C=O) groups excluding carboxylic acids is 1. The Morgan fingerprint density at radius 3 is 2.14 bits per heavy atom. The van der Waals surface area contributed by atoms with E-state index in [0.29, 0.717) is 0 Å². The van der Waals surface area contributed by atoms with Crippen molar-refractivity contribution in [2.75, 3.05) is 34.7 Å². The monoisotopic (exact) mass is 201 g/mol. The van der Waals surface area contributed by atoms with E-state index in [1.165, 1.54) is 0 Å². The molecule has 0 aliphatic rings. The molecule has 1 amide bonds. The molecule has 0 aliphatic carbocycles. The van der Waals surface area contributed by atoms with Crippen LogP contribution in [0.5, 0.6) is 0 Å². The molecule has 0 fully saturated rings. The van der Waals surface area contributed by atoms with Crippen molar-refractivity contribution in [3.8, 4) is 0 Å². The largest absolute Gasteiger partial charge is 0.368 e. The lowest BCUT2D eigenvalue weighted by molar-refractivity contribution is -0.122. The number of carbonyl (C=O) groups is 1. The molecule has 0 saturated heterocycles. The summed E-state index contributed by atoms with van der Waals surface area (Å²) in [6.45, 7) is 1.07. The van der Waals surface area contributed by atoms with Crippen molar-refractivity contribution in [1.29, 1.82) is 0 Å². The van der Waals surface area contributed by atoms with Crippen molar-refractivity contribution in [3.63, 3.8) is 0 Å². The molecular formula is C10H23N3O. The van der Waals surface area contributed by atoms with E-state index >= 15 is 0 Å². The SMILES string of the molecule is CN(C)CCCC[C@@H](C(N)=O)N(C)C. The zero-order valence-electron chi connectivity index (χ0n) is 9.79. The lowest BCUT2D eigenvalue weighted by Gasteiger charge is -2.21. The number of primary amides is 1. The first-order valence-corrected chi connectivity index (χ1v) is 5.05. The maximum absolute atomic E-state index is 11.0. The van der Waals surface area contributed by atoms with Gasteiger partial charge in [0, 0.05) is 0 Å². The molecular weight excluding hydrogens is 178 g/mol. The van der Waals surface area contributed by atoms with Gasteiger partial charge in [-0.1, -0.05) is 6.42 Å². The van der Waals surface area contributed by atoms with Crippen LogP contribution in [-0.2, 0) is 4.79 Å². The normalized spacial score (nSPS) is 13.6. The molecule has 2 N–H and O–H groups in total. The Hall–Kier alpha value is -0.610. The molecule has 0 aromatic heterocycles. The zero-order chi connectivity index (χ0) is 11.1. The lowest BCUT2D eigenvalue weighted by Crippen LogP contribution is -2.40. The lowest BCUT2D eigenvalue weighted by atomic mass is 10.1. The second-order valence-corrected chi connectivity index (χ2v) is 4.18. The highest BCUT2D eigenvalue weighted by atomic mass is 16.1. The van der Waals surface area contributed by atoms with Crippen LogP contribution in [0.25, 0.3) is 0 Å². The molecule has 84 valence electrons. The van der Waals surface area contributed by atoms with Crippen LogP contribution in [0.4, 0.5) is 0 Å². The summed E-state index contributed by atoms with van der Waals surface area (Å²) >= 11 is 0. The summed E-state index contributed by atoms with van der Waals surface area (Å²) in [5.74, 6) is -0.222. The van der Waals surface area contributed by atoms with E-state index in [-0.39, 0.29) is 11.9 Å². The van der Waals surface area contributed by atoms with Gasteiger partial charge in [-0.2, -0.15) is 0 Å². The molecule has 0 saturated carbocycles. The third-order valence-corrected chi connectivity index (χ3v) is 2.28. The van der Waals surface area contributed by atoms with E-state index in [1.807, 2.05) is 19.0 Å². The average molecular weight is 201 g/mol. The minimum Gasteiger partial charge on any atom is -0.368 e. The molecule has 14 heavy (non-hydrogen) atoms. The summed E-state index contributed by atoms with van der Waals surface area (Å²) in [6.07, 6.45) is 3.02. The zero-order valence-corrected chi connectivity index (χ0v) is 9.79. The number of likely N-dealkylation sites (N-methyl/N-ethyl adjacent to an activating group) is 1. The Bertz CT molecular complexity index is 169. The third-order valence-electron chi connectivity index (χ3n) is 2.28. The van der Waals surface area contributed by atoms with Gasteiger partial charge in [0.1, 0.15) is 0 Å². The number of rotatable bonds is 7. The fraction of sp³-hybridized carbons (Fsp3) is 0.900. The van der Waals surface area contributed by atoms with Crippen molar-refractivity contribution in [2.45, 2.75) is 25.3 Å². The van der Waals surface area contributed by atoms with Crippen molar-refractivity contribution in [1.82, 2.24) is 9.80 Å². The molecule has 4 nitrogen and oxygen atoms in total. The van der Waals surface area contributed by atoms with Crippen molar-refractivity contribution >= 4 is 5.91 Å². The van der Waals surface area contributed by atoms with Gasteiger partial charge in [-0.05, 0) is 47.6 Å². The van der Waals surface area contributed by atoms with Gasteiger partial charge in [-0.3, -0.25) is 9.69 Å². The van der Waals surface area contributed by atoms with Crippen LogP contribution in [-0.4, -0.2) is 56.5 Å². The van der Waals surface area contributed by atoms with E-state index in [1.54, 1.807) is 0 Å². The second kappa shape index (κ2) is 6.79. The first-order valence-electron chi connectivity index (χ1n) is 5.05. The standard InChI is InChI=1S/C10H23N3O/c1-12(2)8-6-5-7-9(10(11)14)13(3)4/h9H,5-8H2,1-4H3,(H2,11,14)/t9-/m0/s1. The van der Waals surface area contributed by atoms with Gasteiger partial charge < -0.3 is 10.6 Å². The summed E-state index contributed by atoms with van der Waals surface area (Å²) < 4.78 is 0. The number of hydrogen-bond donors (Lipinski definition) is 1. The van der Waals surface area contributed by atoms with Crippen LogP contribution in [0.2, 0.25) is 0 Å². The molecule has 0 aromatic rings. The quantitative estimate of drug-likeness (QED) is 0.596. The van der Waals surface area contributed by atoms with Gasteiger partial charge in [-0.15, -0.1) is 0 Å². The molecule has 0 aromatic carbocycles. The molecule has 4 heteroatoms. The Kier molecular flexibility index (Phi) is 6.49. The summed E-state index contributed by atoms with van der Waals surface area (Å²) in [5.41, 5.74) is 5.29. The molecule has 0 bridgehead atoms. The predicted molar refractivity (Wildman–Crippen MR) is 59.1 cm³/mol. The van der Waals surface area contributed by atoms with Crippen LogP contribution in [0.3, 0.4) is 0 Å².